The first-order valence-electron chi connectivity index (χ1n) is 16.4. The van der Waals surface area contributed by atoms with Gasteiger partial charge in [-0.3, -0.25) is 33.6 Å². The number of fused-ring (bicyclic) bond motifs is 3. The van der Waals surface area contributed by atoms with Crippen LogP contribution < -0.4 is 32.7 Å². The summed E-state index contributed by atoms with van der Waals surface area (Å²) in [5, 5.41) is 19.7. The van der Waals surface area contributed by atoms with Gasteiger partial charge >= 0.3 is 0 Å². The van der Waals surface area contributed by atoms with Gasteiger partial charge in [0, 0.05) is 32.6 Å². The second kappa shape index (κ2) is 17.5. The molecular weight excluding hydrogens is 650 g/mol. The number of nitrogens with one attached hydrogen (secondary N) is 4. The van der Waals surface area contributed by atoms with E-state index in [9.17, 15) is 24.0 Å². The van der Waals surface area contributed by atoms with Crippen molar-refractivity contribution < 1.29 is 24.0 Å². The van der Waals surface area contributed by atoms with Gasteiger partial charge in [0.15, 0.2) is 11.0 Å². The highest BCUT2D eigenvalue weighted by molar-refractivity contribution is 7.20. The molecule has 2 aromatic heterocycles. The van der Waals surface area contributed by atoms with Gasteiger partial charge in [-0.05, 0) is 56.6 Å². The number of aromatic nitrogens is 4. The van der Waals surface area contributed by atoms with E-state index >= 15 is 0 Å². The first-order valence-corrected chi connectivity index (χ1v) is 17.2. The molecule has 3 unspecified atom stereocenters. The lowest BCUT2D eigenvalue weighted by molar-refractivity contribution is -0.134. The maximum absolute atomic E-state index is 14.0. The Kier molecular flexibility index (Phi) is 13.1. The average molecular weight is 696 g/mol. The molecule has 0 fully saturated rings. The van der Waals surface area contributed by atoms with Crippen LogP contribution in [0.1, 0.15) is 74.8 Å². The van der Waals surface area contributed by atoms with Crippen LogP contribution in [0.2, 0.25) is 0 Å². The number of amides is 4. The maximum Gasteiger partial charge on any atom is 0.243 e. The van der Waals surface area contributed by atoms with Gasteiger partial charge in [0.05, 0.1) is 22.0 Å². The van der Waals surface area contributed by atoms with Crippen LogP contribution in [0.4, 0.5) is 0 Å². The van der Waals surface area contributed by atoms with Crippen LogP contribution in [-0.2, 0) is 32.1 Å². The minimum atomic E-state index is -1.18. The van der Waals surface area contributed by atoms with Crippen LogP contribution in [0.3, 0.4) is 0 Å². The fourth-order valence-electron chi connectivity index (χ4n) is 5.52. The number of guanidine groups is 1. The van der Waals surface area contributed by atoms with E-state index in [0.717, 1.165) is 4.70 Å². The normalized spacial score (nSPS) is 19.6. The number of carbonyl (C=O) groups is 5. The topological polar surface area (TPSA) is 241 Å². The van der Waals surface area contributed by atoms with Gasteiger partial charge in [0.25, 0.3) is 0 Å². The number of carbonyl (C=O) groups excluding carboxylic acids is 5. The molecule has 4 rings (SSSR count). The van der Waals surface area contributed by atoms with E-state index in [1.54, 1.807) is 16.9 Å². The predicted molar refractivity (Wildman–Crippen MR) is 184 cm³/mol. The van der Waals surface area contributed by atoms with Crippen molar-refractivity contribution in [3.05, 3.63) is 41.2 Å². The number of thiazole rings is 1. The van der Waals surface area contributed by atoms with Crippen molar-refractivity contribution >= 4 is 56.9 Å². The molecule has 17 heteroatoms. The van der Waals surface area contributed by atoms with Crippen molar-refractivity contribution in [2.75, 3.05) is 6.54 Å². The van der Waals surface area contributed by atoms with Gasteiger partial charge in [0.1, 0.15) is 18.1 Å². The SMILES string of the molecule is CC(=O)NC1CCCCn2cc(nn2)CC(C(=O)N[C@@H](CCCN=C(N)N)C(=O)c2nc3ccccc3s2)NC(=O)C(CC(C)C)NC1=O. The Balaban J connectivity index is 1.62. The van der Waals surface area contributed by atoms with Crippen molar-refractivity contribution in [3.8, 4) is 0 Å². The van der Waals surface area contributed by atoms with Gasteiger partial charge in [-0.2, -0.15) is 0 Å². The molecule has 0 radical (unpaired) electrons. The molecule has 16 nitrogen and oxygen atoms in total. The second-order valence-electron chi connectivity index (χ2n) is 12.5. The average Bonchev–Trinajstić information content (AvgIpc) is 3.68. The Hall–Kier alpha value is -4.93. The number of rotatable bonds is 11. The molecule has 1 aromatic carbocycles. The molecule has 0 spiro atoms. The number of para-hydroxylation sites is 1. The number of nitrogens with two attached hydrogens (primary N) is 2. The second-order valence-corrected chi connectivity index (χ2v) is 13.6. The highest BCUT2D eigenvalue weighted by atomic mass is 32.1. The van der Waals surface area contributed by atoms with Crippen molar-refractivity contribution in [1.29, 1.82) is 0 Å². The predicted octanol–water partition coefficient (Wildman–Crippen LogP) is 0.556. The Labute approximate surface area is 288 Å². The first-order chi connectivity index (χ1) is 23.4. The minimum Gasteiger partial charge on any atom is -0.370 e. The molecule has 0 aliphatic carbocycles. The number of Topliss-reactive ketones (excluding diaryl/α,β-unsaturated/α-hetero) is 1. The summed E-state index contributed by atoms with van der Waals surface area (Å²) in [5.41, 5.74) is 12.1. The van der Waals surface area contributed by atoms with E-state index in [0.29, 0.717) is 43.4 Å². The lowest BCUT2D eigenvalue weighted by Gasteiger charge is -2.27. The molecule has 4 atom stereocenters. The monoisotopic (exact) mass is 695 g/mol. The van der Waals surface area contributed by atoms with E-state index in [4.69, 9.17) is 11.5 Å². The van der Waals surface area contributed by atoms with Crippen molar-refractivity contribution in [3.63, 3.8) is 0 Å². The van der Waals surface area contributed by atoms with Crippen LogP contribution in [0, 0.1) is 5.92 Å². The zero-order valence-electron chi connectivity index (χ0n) is 28.0. The van der Waals surface area contributed by atoms with Gasteiger partial charge in [-0.25, -0.2) is 4.98 Å². The van der Waals surface area contributed by atoms with E-state index in [1.165, 1.54) is 18.3 Å². The van der Waals surface area contributed by atoms with E-state index in [-0.39, 0.29) is 54.4 Å². The molecule has 2 bridgehead atoms. The summed E-state index contributed by atoms with van der Waals surface area (Å²) >= 11 is 1.22. The van der Waals surface area contributed by atoms with Crippen LogP contribution in [0.25, 0.3) is 10.2 Å². The summed E-state index contributed by atoms with van der Waals surface area (Å²) in [5.74, 6) is -2.54. The van der Waals surface area contributed by atoms with Crippen LogP contribution >= 0.6 is 11.3 Å². The van der Waals surface area contributed by atoms with Crippen LogP contribution in [0.15, 0.2) is 35.5 Å². The Morgan fingerprint density at radius 2 is 1.90 bits per heavy atom. The summed E-state index contributed by atoms with van der Waals surface area (Å²) in [7, 11) is 0. The summed E-state index contributed by atoms with van der Waals surface area (Å²) < 4.78 is 2.46. The quantitative estimate of drug-likeness (QED) is 0.0705. The number of ketones is 1. The van der Waals surface area contributed by atoms with Gasteiger partial charge in [-0.1, -0.05) is 31.2 Å². The third-order valence-electron chi connectivity index (χ3n) is 7.88. The largest absolute Gasteiger partial charge is 0.370 e. The van der Waals surface area contributed by atoms with Crippen LogP contribution in [-0.4, -0.2) is 86.1 Å². The molecule has 1 aliphatic rings. The molecule has 8 N–H and O–H groups in total. The molecule has 3 aromatic rings. The number of nitrogens with zero attached hydrogens (tertiary/aromatic N) is 5. The number of hydrogen-bond donors (Lipinski definition) is 6. The van der Waals surface area contributed by atoms with E-state index in [1.807, 2.05) is 32.0 Å². The standard InChI is InChI=1S/C32H45N11O5S/c1-18(2)15-24-29(47)39-25(16-20-17-43(42-41-20)14-7-6-10-23(28(46)38-24)36-19(3)44)30(48)37-22(11-8-13-35-32(33)34)27(45)31-40-21-9-4-5-12-26(21)49-31/h4-5,9,12,17-18,22-25H,6-8,10-11,13-16H2,1-3H3,(H,36,44)(H,37,48)(H,38,46)(H,39,47)(H4,33,34,35)/t22-,23?,24?,25?/m0/s1. The molecule has 0 saturated carbocycles. The molecule has 49 heavy (non-hydrogen) atoms. The lowest BCUT2D eigenvalue weighted by Crippen LogP contribution is -2.58. The van der Waals surface area contributed by atoms with Gasteiger partial charge in [-0.15, -0.1) is 16.4 Å². The van der Waals surface area contributed by atoms with Gasteiger partial charge in [0.2, 0.25) is 29.4 Å². The summed E-state index contributed by atoms with van der Waals surface area (Å²) in [6, 6.07) is 3.32. The number of aliphatic imine (C=N–C) groups is 1. The highest BCUT2D eigenvalue weighted by Gasteiger charge is 2.33. The van der Waals surface area contributed by atoms with Crippen molar-refractivity contribution in [1.82, 2.24) is 41.2 Å². The van der Waals surface area contributed by atoms with Gasteiger partial charge < -0.3 is 32.7 Å². The lowest BCUT2D eigenvalue weighted by atomic mass is 10.0. The fourth-order valence-corrected chi connectivity index (χ4v) is 6.48. The zero-order chi connectivity index (χ0) is 35.5. The number of benzene rings is 1. The molecular formula is C32H45N11O5S. The Morgan fingerprint density at radius 3 is 2.61 bits per heavy atom. The number of hydrogen-bond acceptors (Lipinski definition) is 10. The fraction of sp³-hybridized carbons (Fsp3) is 0.531. The van der Waals surface area contributed by atoms with E-state index in [2.05, 4.69) is 41.6 Å². The smallest absolute Gasteiger partial charge is 0.243 e. The number of aryl methyl sites for hydroxylation is 1. The minimum absolute atomic E-state index is 0.00514. The Morgan fingerprint density at radius 1 is 1.12 bits per heavy atom. The van der Waals surface area contributed by atoms with Crippen LogP contribution in [0.5, 0.6) is 0 Å². The zero-order valence-corrected chi connectivity index (χ0v) is 28.8. The van der Waals surface area contributed by atoms with Crippen molar-refractivity contribution in [2.45, 2.75) is 96.4 Å². The third-order valence-corrected chi connectivity index (χ3v) is 8.93. The van der Waals surface area contributed by atoms with E-state index < -0.39 is 41.9 Å². The summed E-state index contributed by atoms with van der Waals surface area (Å²) in [6.07, 6.45) is 4.15. The Bertz CT molecular complexity index is 1630. The molecule has 264 valence electrons. The molecule has 4 amide bonds. The molecule has 3 heterocycles. The summed E-state index contributed by atoms with van der Waals surface area (Å²) in [6.45, 7) is 5.87. The third kappa shape index (κ3) is 11.1. The maximum atomic E-state index is 14.0. The molecule has 0 saturated heterocycles. The highest BCUT2D eigenvalue weighted by Crippen LogP contribution is 2.23. The van der Waals surface area contributed by atoms with Crippen molar-refractivity contribution in [2.24, 2.45) is 22.4 Å². The first kappa shape index (κ1) is 36.9. The molecule has 1 aliphatic heterocycles. The summed E-state index contributed by atoms with van der Waals surface area (Å²) in [4.78, 5) is 75.4.